The van der Waals surface area contributed by atoms with Gasteiger partial charge in [0.2, 0.25) is 0 Å². The molecule has 2 aromatic rings. The molecular formula is C15H10ClN2O5-. The summed E-state index contributed by atoms with van der Waals surface area (Å²) in [6, 6.07) is 8.06. The second-order valence-corrected chi connectivity index (χ2v) is 5.09. The zero-order valence-corrected chi connectivity index (χ0v) is 12.6. The van der Waals surface area contributed by atoms with Crippen molar-refractivity contribution in [1.82, 2.24) is 0 Å². The molecule has 0 saturated heterocycles. The molecule has 1 amide bonds. The van der Waals surface area contributed by atoms with Crippen LogP contribution in [0, 0.1) is 17.0 Å². The van der Waals surface area contributed by atoms with Crippen molar-refractivity contribution in [2.45, 2.75) is 6.92 Å². The highest BCUT2D eigenvalue weighted by Gasteiger charge is 2.25. The van der Waals surface area contributed by atoms with E-state index in [1.807, 2.05) is 0 Å². The van der Waals surface area contributed by atoms with Gasteiger partial charge >= 0.3 is 0 Å². The lowest BCUT2D eigenvalue weighted by Crippen LogP contribution is -2.27. The van der Waals surface area contributed by atoms with Crippen molar-refractivity contribution >= 4 is 34.9 Å². The summed E-state index contributed by atoms with van der Waals surface area (Å²) >= 11 is 5.99. The van der Waals surface area contributed by atoms with Gasteiger partial charge in [-0.3, -0.25) is 14.9 Å². The van der Waals surface area contributed by atoms with E-state index in [9.17, 15) is 24.8 Å². The number of nitrogens with one attached hydrogen (secondary N) is 1. The monoisotopic (exact) mass is 333 g/mol. The van der Waals surface area contributed by atoms with Crippen LogP contribution >= 0.6 is 11.6 Å². The van der Waals surface area contributed by atoms with Crippen molar-refractivity contribution in [3.63, 3.8) is 0 Å². The first-order chi connectivity index (χ1) is 10.8. The summed E-state index contributed by atoms with van der Waals surface area (Å²) in [6.45, 7) is 1.80. The molecule has 0 spiro atoms. The summed E-state index contributed by atoms with van der Waals surface area (Å²) in [4.78, 5) is 33.7. The molecule has 0 aromatic heterocycles. The Morgan fingerprint density at radius 3 is 2.48 bits per heavy atom. The molecule has 0 saturated carbocycles. The van der Waals surface area contributed by atoms with Gasteiger partial charge in [0.1, 0.15) is 5.56 Å². The molecule has 0 aliphatic rings. The summed E-state index contributed by atoms with van der Waals surface area (Å²) in [6.07, 6.45) is 0. The molecule has 0 atom stereocenters. The van der Waals surface area contributed by atoms with Crippen molar-refractivity contribution < 1.29 is 19.6 Å². The lowest BCUT2D eigenvalue weighted by atomic mass is 10.0. The van der Waals surface area contributed by atoms with Crippen LogP contribution in [-0.2, 0) is 0 Å². The van der Waals surface area contributed by atoms with Gasteiger partial charge in [0.05, 0.1) is 21.6 Å². The fraction of sp³-hybridized carbons (Fsp3) is 0.0667. The smallest absolute Gasteiger partial charge is 0.282 e. The molecule has 0 radical (unpaired) electrons. The van der Waals surface area contributed by atoms with E-state index in [2.05, 4.69) is 5.32 Å². The summed E-state index contributed by atoms with van der Waals surface area (Å²) < 4.78 is 0. The molecule has 0 heterocycles. The number of carboxylic acid groups (broad SMARTS) is 1. The largest absolute Gasteiger partial charge is 0.545 e. The zero-order valence-electron chi connectivity index (χ0n) is 11.8. The minimum atomic E-state index is -1.69. The van der Waals surface area contributed by atoms with Crippen molar-refractivity contribution in [1.29, 1.82) is 0 Å². The number of nitrogens with zero attached hydrogens (tertiary/aromatic N) is 1. The van der Waals surface area contributed by atoms with Crippen LogP contribution < -0.4 is 10.4 Å². The molecule has 0 fully saturated rings. The number of halogens is 1. The van der Waals surface area contributed by atoms with Crippen LogP contribution in [0.2, 0.25) is 5.02 Å². The number of benzene rings is 2. The number of rotatable bonds is 4. The van der Waals surface area contributed by atoms with Crippen LogP contribution in [0.25, 0.3) is 0 Å². The van der Waals surface area contributed by atoms with E-state index < -0.39 is 33.6 Å². The number of amides is 1. The number of aryl methyl sites for hydroxylation is 1. The number of nitro benzene ring substituents is 1. The molecule has 2 aromatic carbocycles. The second kappa shape index (κ2) is 6.45. The molecule has 0 unspecified atom stereocenters. The summed E-state index contributed by atoms with van der Waals surface area (Å²) in [5.41, 5.74) is -0.722. The molecule has 118 valence electrons. The van der Waals surface area contributed by atoms with Crippen molar-refractivity contribution in [3.8, 4) is 0 Å². The van der Waals surface area contributed by atoms with Gasteiger partial charge < -0.3 is 15.2 Å². The number of carbonyl (C=O) groups excluding carboxylic acids is 2. The highest BCUT2D eigenvalue weighted by Crippen LogP contribution is 2.27. The van der Waals surface area contributed by atoms with Gasteiger partial charge in [-0.15, -0.1) is 0 Å². The van der Waals surface area contributed by atoms with Gasteiger partial charge in [0.25, 0.3) is 11.6 Å². The van der Waals surface area contributed by atoms with E-state index in [1.165, 1.54) is 12.1 Å². The Labute approximate surface area is 135 Å². The predicted octanol–water partition coefficient (Wildman–Crippen LogP) is 2.17. The van der Waals surface area contributed by atoms with E-state index in [1.54, 1.807) is 19.1 Å². The quantitative estimate of drug-likeness (QED) is 0.680. The number of anilines is 1. The lowest BCUT2D eigenvalue weighted by molar-refractivity contribution is -0.385. The minimum absolute atomic E-state index is 0.213. The van der Waals surface area contributed by atoms with Crippen LogP contribution in [0.15, 0.2) is 36.4 Å². The molecule has 0 bridgehead atoms. The van der Waals surface area contributed by atoms with Crippen molar-refractivity contribution in [2.24, 2.45) is 0 Å². The van der Waals surface area contributed by atoms with E-state index >= 15 is 0 Å². The van der Waals surface area contributed by atoms with Gasteiger partial charge in [-0.05, 0) is 24.6 Å². The topological polar surface area (TPSA) is 112 Å². The first kappa shape index (κ1) is 16.4. The Hall–Kier alpha value is -2.93. The van der Waals surface area contributed by atoms with Crippen LogP contribution in [-0.4, -0.2) is 16.8 Å². The first-order valence-corrected chi connectivity index (χ1v) is 6.75. The Kier molecular flexibility index (Phi) is 4.61. The third-order valence-electron chi connectivity index (χ3n) is 3.06. The standard InChI is InChI=1S/C15H11ClN2O5/c1-8-5-6-11(10(16)7-8)17-14(19)13-9(15(20)21)3-2-4-12(13)18(22)23/h2-7H,1H3,(H,17,19)(H,20,21)/p-1. The van der Waals surface area contributed by atoms with Crippen LogP contribution in [0.3, 0.4) is 0 Å². The molecule has 7 nitrogen and oxygen atoms in total. The predicted molar refractivity (Wildman–Crippen MR) is 81.6 cm³/mol. The normalized spacial score (nSPS) is 10.2. The van der Waals surface area contributed by atoms with Crippen molar-refractivity contribution in [3.05, 3.63) is 68.2 Å². The van der Waals surface area contributed by atoms with Crippen molar-refractivity contribution in [2.75, 3.05) is 5.32 Å². The number of hydrogen-bond acceptors (Lipinski definition) is 5. The third-order valence-corrected chi connectivity index (χ3v) is 3.37. The Morgan fingerprint density at radius 1 is 1.22 bits per heavy atom. The molecule has 8 heteroatoms. The average molecular weight is 334 g/mol. The molecule has 23 heavy (non-hydrogen) atoms. The van der Waals surface area contributed by atoms with Gasteiger partial charge in [-0.25, -0.2) is 0 Å². The Morgan fingerprint density at radius 2 is 1.91 bits per heavy atom. The van der Waals surface area contributed by atoms with Crippen LogP contribution in [0.1, 0.15) is 26.3 Å². The average Bonchev–Trinajstić information content (AvgIpc) is 2.49. The highest BCUT2D eigenvalue weighted by molar-refractivity contribution is 6.34. The second-order valence-electron chi connectivity index (χ2n) is 4.68. The summed E-state index contributed by atoms with van der Waals surface area (Å²) in [5, 5.41) is 24.8. The maximum absolute atomic E-state index is 12.3. The van der Waals surface area contributed by atoms with Gasteiger partial charge in [-0.1, -0.05) is 29.8 Å². The number of carboxylic acids is 1. The summed E-state index contributed by atoms with van der Waals surface area (Å²) in [5.74, 6) is -2.64. The molecule has 0 aliphatic carbocycles. The number of carbonyl (C=O) groups is 2. The molecule has 2 rings (SSSR count). The fourth-order valence-corrected chi connectivity index (χ4v) is 2.29. The first-order valence-electron chi connectivity index (χ1n) is 6.37. The minimum Gasteiger partial charge on any atom is -0.545 e. The molecular weight excluding hydrogens is 324 g/mol. The van der Waals surface area contributed by atoms with Gasteiger partial charge in [0, 0.05) is 11.6 Å². The van der Waals surface area contributed by atoms with E-state index in [-0.39, 0.29) is 10.7 Å². The molecule has 1 N–H and O–H groups in total. The Bertz CT molecular complexity index is 787. The number of aromatic carboxylic acids is 1. The van der Waals surface area contributed by atoms with E-state index in [0.29, 0.717) is 0 Å². The Balaban J connectivity index is 2.50. The zero-order chi connectivity index (χ0) is 17.1. The van der Waals surface area contributed by atoms with E-state index in [0.717, 1.165) is 17.7 Å². The highest BCUT2D eigenvalue weighted by atomic mass is 35.5. The van der Waals surface area contributed by atoms with E-state index in [4.69, 9.17) is 11.6 Å². The molecule has 0 aliphatic heterocycles. The van der Waals surface area contributed by atoms with Gasteiger partial charge in [0.15, 0.2) is 0 Å². The SMILES string of the molecule is Cc1ccc(NC(=O)c2c(C(=O)[O-])cccc2[N+](=O)[O-])c(Cl)c1. The summed E-state index contributed by atoms with van der Waals surface area (Å²) in [7, 11) is 0. The fourth-order valence-electron chi connectivity index (χ4n) is 2.01. The number of nitro groups is 1. The van der Waals surface area contributed by atoms with Crippen LogP contribution in [0.5, 0.6) is 0 Å². The maximum atomic E-state index is 12.3. The van der Waals surface area contributed by atoms with Gasteiger partial charge in [-0.2, -0.15) is 0 Å². The van der Waals surface area contributed by atoms with Crippen LogP contribution in [0.4, 0.5) is 11.4 Å². The third kappa shape index (κ3) is 3.46. The number of hydrogen-bond donors (Lipinski definition) is 1. The maximum Gasteiger partial charge on any atom is 0.282 e. The lowest BCUT2D eigenvalue weighted by Gasteiger charge is -2.12.